The molecule has 2 spiro atoms. The molecule has 0 bridgehead atoms. The van der Waals surface area contributed by atoms with E-state index in [2.05, 4.69) is 40.4 Å². The smallest absolute Gasteiger partial charge is 0.250 e. The van der Waals surface area contributed by atoms with Crippen LogP contribution in [0.15, 0.2) is 78.4 Å². The highest BCUT2D eigenvalue weighted by molar-refractivity contribution is 6.16. The number of likely N-dealkylation sites (tertiary alicyclic amines) is 1. The Morgan fingerprint density at radius 3 is 2.32 bits per heavy atom. The number of ether oxygens (including phenoxy) is 2. The molecule has 0 radical (unpaired) electrons. The minimum Gasteiger partial charge on any atom is -0.497 e. The highest BCUT2D eigenvalue weighted by Gasteiger charge is 2.78. The first-order chi connectivity index (χ1) is 19.9. The van der Waals surface area contributed by atoms with Crippen LogP contribution < -0.4 is 14.8 Å². The molecule has 3 aromatic carbocycles. The van der Waals surface area contributed by atoms with Gasteiger partial charge in [0.25, 0.3) is 5.91 Å². The molecule has 7 nitrogen and oxygen atoms in total. The number of benzene rings is 3. The fourth-order valence-electron chi connectivity index (χ4n) is 8.39. The number of nitrogens with one attached hydrogen (secondary N) is 1. The molecule has 0 aliphatic carbocycles. The second-order valence-electron chi connectivity index (χ2n) is 11.8. The molecule has 1 amide bonds. The topological polar surface area (TPSA) is 71.1 Å². The number of rotatable bonds is 4. The summed E-state index contributed by atoms with van der Waals surface area (Å²) in [6.45, 7) is 1.78. The number of fused-ring (bicyclic) bond motifs is 5. The maximum atomic E-state index is 15.3. The van der Waals surface area contributed by atoms with Crippen LogP contribution in [-0.2, 0) is 15.1 Å². The Bertz CT molecular complexity index is 1550. The van der Waals surface area contributed by atoms with E-state index in [1.165, 1.54) is 0 Å². The summed E-state index contributed by atoms with van der Waals surface area (Å²) in [4.78, 5) is 34.5. The SMILES string of the molecule is COc1ccc(/C=C2\CN(C)C[C@@]3(C2=O)[C@@H](c2ccc(OC)cc2)[C@@H]2CCCN2[C@@]32C(=O)Nc3ccccc32)cc1. The predicted molar refractivity (Wildman–Crippen MR) is 158 cm³/mol. The summed E-state index contributed by atoms with van der Waals surface area (Å²) >= 11 is 0. The van der Waals surface area contributed by atoms with E-state index < -0.39 is 11.0 Å². The molecule has 3 fully saturated rings. The maximum absolute atomic E-state index is 15.3. The number of methoxy groups -OCH3 is 2. The van der Waals surface area contributed by atoms with Gasteiger partial charge in [-0.1, -0.05) is 42.5 Å². The lowest BCUT2D eigenvalue weighted by Gasteiger charge is -2.51. The highest BCUT2D eigenvalue weighted by Crippen LogP contribution is 2.68. The third-order valence-electron chi connectivity index (χ3n) is 9.77. The van der Waals surface area contributed by atoms with Crippen molar-refractivity contribution in [3.63, 3.8) is 0 Å². The lowest BCUT2D eigenvalue weighted by atomic mass is 9.55. The van der Waals surface area contributed by atoms with Crippen LogP contribution in [0.5, 0.6) is 11.5 Å². The standard InChI is InChI=1S/C34H35N3O4/c1-36-20-24(19-22-10-14-25(40-2)15-11-22)31(38)33(21-36)30(23-12-16-26(41-3)17-13-23)29-9-6-18-37(29)34(33)27-7-4-5-8-28(27)35-32(34)39/h4-5,7-8,10-17,19,29-30H,6,9,18,20-21H2,1-3H3,(H,35,39)/b24-19+/t29-,30-,33-,34-/m0/s1. The van der Waals surface area contributed by atoms with Gasteiger partial charge in [-0.2, -0.15) is 0 Å². The number of para-hydroxylation sites is 1. The molecule has 3 aromatic rings. The Balaban J connectivity index is 1.49. The molecular weight excluding hydrogens is 514 g/mol. The van der Waals surface area contributed by atoms with Crippen molar-refractivity contribution >= 4 is 23.5 Å². The van der Waals surface area contributed by atoms with Crippen molar-refractivity contribution in [3.8, 4) is 11.5 Å². The van der Waals surface area contributed by atoms with Gasteiger partial charge in [0, 0.05) is 41.9 Å². The number of Topliss-reactive ketones (excluding diaryl/α,β-unsaturated/α-hetero) is 1. The van der Waals surface area contributed by atoms with Gasteiger partial charge in [-0.15, -0.1) is 0 Å². The van der Waals surface area contributed by atoms with Crippen molar-refractivity contribution in [3.05, 3.63) is 95.1 Å². The highest BCUT2D eigenvalue weighted by atomic mass is 16.5. The summed E-state index contributed by atoms with van der Waals surface area (Å²) in [5.74, 6) is 1.34. The molecule has 210 valence electrons. The van der Waals surface area contributed by atoms with E-state index in [1.54, 1.807) is 14.2 Å². The number of hydrogen-bond donors (Lipinski definition) is 1. The van der Waals surface area contributed by atoms with Gasteiger partial charge < -0.3 is 19.7 Å². The van der Waals surface area contributed by atoms with Crippen LogP contribution in [0.2, 0.25) is 0 Å². The summed E-state index contributed by atoms with van der Waals surface area (Å²) < 4.78 is 10.8. The summed E-state index contributed by atoms with van der Waals surface area (Å²) in [6.07, 6.45) is 3.92. The van der Waals surface area contributed by atoms with Crippen molar-refractivity contribution < 1.29 is 19.1 Å². The second-order valence-corrected chi connectivity index (χ2v) is 11.8. The average Bonchev–Trinajstić information content (AvgIpc) is 3.64. The molecule has 0 unspecified atom stereocenters. The molecule has 4 aliphatic heterocycles. The van der Waals surface area contributed by atoms with Crippen LogP contribution in [-0.4, -0.2) is 68.4 Å². The molecule has 41 heavy (non-hydrogen) atoms. The zero-order valence-electron chi connectivity index (χ0n) is 23.7. The number of hydrogen-bond acceptors (Lipinski definition) is 6. The summed E-state index contributed by atoms with van der Waals surface area (Å²) in [5.41, 5.74) is 2.31. The average molecular weight is 550 g/mol. The van der Waals surface area contributed by atoms with Crippen LogP contribution in [0.3, 0.4) is 0 Å². The van der Waals surface area contributed by atoms with Crippen molar-refractivity contribution in [2.24, 2.45) is 5.41 Å². The maximum Gasteiger partial charge on any atom is 0.250 e. The molecular formula is C34H35N3O4. The molecule has 4 aliphatic rings. The lowest BCUT2D eigenvalue weighted by Crippen LogP contribution is -2.65. The number of amides is 1. The number of anilines is 1. The Morgan fingerprint density at radius 1 is 0.927 bits per heavy atom. The summed E-state index contributed by atoms with van der Waals surface area (Å²) in [7, 11) is 5.37. The number of nitrogens with zero attached hydrogens (tertiary/aromatic N) is 2. The van der Waals surface area contributed by atoms with Gasteiger partial charge in [-0.25, -0.2) is 0 Å². The van der Waals surface area contributed by atoms with Crippen molar-refractivity contribution in [1.82, 2.24) is 9.80 Å². The third-order valence-corrected chi connectivity index (χ3v) is 9.77. The van der Waals surface area contributed by atoms with Crippen LogP contribution in [0.25, 0.3) is 6.08 Å². The lowest BCUT2D eigenvalue weighted by molar-refractivity contribution is -0.147. The fraction of sp³-hybridized carbons (Fsp3) is 0.353. The summed E-state index contributed by atoms with van der Waals surface area (Å²) in [6, 6.07) is 23.9. The quantitative estimate of drug-likeness (QED) is 0.476. The Kier molecular flexibility index (Phi) is 6.07. The number of carbonyl (C=O) groups excluding carboxylic acids is 2. The molecule has 1 N–H and O–H groups in total. The Hall–Kier alpha value is -3.94. The van der Waals surface area contributed by atoms with Crippen molar-refractivity contribution in [1.29, 1.82) is 0 Å². The van der Waals surface area contributed by atoms with E-state index in [-0.39, 0.29) is 23.7 Å². The number of ketones is 1. The molecule has 4 heterocycles. The zero-order chi connectivity index (χ0) is 28.4. The van der Waals surface area contributed by atoms with E-state index in [4.69, 9.17) is 9.47 Å². The van der Waals surface area contributed by atoms with Gasteiger partial charge >= 0.3 is 0 Å². The van der Waals surface area contributed by atoms with Crippen molar-refractivity contribution in [2.45, 2.75) is 30.3 Å². The van der Waals surface area contributed by atoms with E-state index in [0.717, 1.165) is 58.8 Å². The van der Waals surface area contributed by atoms with Gasteiger partial charge in [0.1, 0.15) is 17.0 Å². The van der Waals surface area contributed by atoms with E-state index >= 15 is 4.79 Å². The monoisotopic (exact) mass is 549 g/mol. The van der Waals surface area contributed by atoms with Crippen LogP contribution >= 0.6 is 0 Å². The van der Waals surface area contributed by atoms with E-state index in [9.17, 15) is 4.79 Å². The molecule has 7 heteroatoms. The zero-order valence-corrected chi connectivity index (χ0v) is 23.7. The first kappa shape index (κ1) is 26.0. The minimum atomic E-state index is -1.11. The van der Waals surface area contributed by atoms with Gasteiger partial charge in [0.15, 0.2) is 5.78 Å². The molecule has 0 aromatic heterocycles. The Morgan fingerprint density at radius 2 is 1.61 bits per heavy atom. The number of carbonyl (C=O) groups is 2. The fourth-order valence-corrected chi connectivity index (χ4v) is 8.39. The molecule has 3 saturated heterocycles. The van der Waals surface area contributed by atoms with Gasteiger partial charge in [-0.05, 0) is 74.0 Å². The second kappa shape index (κ2) is 9.57. The van der Waals surface area contributed by atoms with E-state index in [0.29, 0.717) is 13.1 Å². The van der Waals surface area contributed by atoms with E-state index in [1.807, 2.05) is 60.7 Å². The predicted octanol–water partition coefficient (Wildman–Crippen LogP) is 4.70. The van der Waals surface area contributed by atoms with Gasteiger partial charge in [0.2, 0.25) is 0 Å². The number of piperidine rings is 1. The largest absolute Gasteiger partial charge is 0.497 e. The van der Waals surface area contributed by atoms with Crippen LogP contribution in [0, 0.1) is 5.41 Å². The number of likely N-dealkylation sites (N-methyl/N-ethyl adjacent to an activating group) is 1. The Labute approximate surface area is 240 Å². The molecule has 4 atom stereocenters. The summed E-state index contributed by atoms with van der Waals surface area (Å²) in [5, 5.41) is 3.21. The first-order valence-electron chi connectivity index (χ1n) is 14.3. The molecule has 7 rings (SSSR count). The van der Waals surface area contributed by atoms with Crippen LogP contribution in [0.1, 0.15) is 35.4 Å². The van der Waals surface area contributed by atoms with Gasteiger partial charge in [-0.3, -0.25) is 14.5 Å². The first-order valence-corrected chi connectivity index (χ1v) is 14.3. The van der Waals surface area contributed by atoms with Gasteiger partial charge in [0.05, 0.1) is 19.6 Å². The normalized spacial score (nSPS) is 30.2. The van der Waals surface area contributed by atoms with Crippen LogP contribution in [0.4, 0.5) is 5.69 Å². The third kappa shape index (κ3) is 3.52. The molecule has 0 saturated carbocycles. The van der Waals surface area contributed by atoms with Crippen molar-refractivity contribution in [2.75, 3.05) is 46.2 Å². The minimum absolute atomic E-state index is 0.0537.